The number of nitrogens with zero attached hydrogens (tertiary/aromatic N) is 4. The molecule has 1 saturated heterocycles. The number of H-pyrrole nitrogens is 1. The van der Waals surface area contributed by atoms with Crippen LogP contribution in [-0.2, 0) is 5.60 Å². The van der Waals surface area contributed by atoms with Crippen molar-refractivity contribution < 1.29 is 9.50 Å². The van der Waals surface area contributed by atoms with Gasteiger partial charge < -0.3 is 10.0 Å². The molecule has 7 heteroatoms. The lowest BCUT2D eigenvalue weighted by Gasteiger charge is -2.24. The number of para-hydroxylation sites is 1. The monoisotopic (exact) mass is 313 g/mol. The van der Waals surface area contributed by atoms with E-state index in [2.05, 4.69) is 20.4 Å². The van der Waals surface area contributed by atoms with Gasteiger partial charge in [-0.05, 0) is 19.1 Å². The highest BCUT2D eigenvalue weighted by Gasteiger charge is 2.40. The Labute approximate surface area is 132 Å². The molecule has 3 aromatic rings. The van der Waals surface area contributed by atoms with Crippen molar-refractivity contribution in [3.05, 3.63) is 47.7 Å². The molecule has 1 aliphatic heterocycles. The molecule has 6 nitrogen and oxygen atoms in total. The average molecular weight is 313 g/mol. The molecule has 4 rings (SSSR count). The highest BCUT2D eigenvalue weighted by atomic mass is 19.1. The van der Waals surface area contributed by atoms with Crippen molar-refractivity contribution in [3.63, 3.8) is 0 Å². The van der Waals surface area contributed by atoms with E-state index in [9.17, 15) is 9.50 Å². The SMILES string of the molecule is Cc1cc(N2CCC(O)(c3cn[nH]n3)C2)c2cccc(F)c2n1. The van der Waals surface area contributed by atoms with Gasteiger partial charge in [0, 0.05) is 29.7 Å². The first-order valence-electron chi connectivity index (χ1n) is 7.46. The fourth-order valence-corrected chi connectivity index (χ4v) is 3.22. The number of nitrogens with one attached hydrogen (secondary N) is 1. The molecule has 1 atom stereocenters. The first-order valence-corrected chi connectivity index (χ1v) is 7.46. The number of β-amino-alcohol motifs (C(OH)–C–C–N with tert-alkyl or cyclic N) is 1. The normalized spacial score (nSPS) is 21.3. The lowest BCUT2D eigenvalue weighted by molar-refractivity contribution is 0.0560. The van der Waals surface area contributed by atoms with Crippen molar-refractivity contribution in [3.8, 4) is 0 Å². The molecule has 1 aromatic carbocycles. The average Bonchev–Trinajstić information content (AvgIpc) is 3.18. The standard InChI is InChI=1S/C16H16FN5O/c1-10-7-13(11-3-2-4-12(17)15(11)19-10)22-6-5-16(23,9-22)14-8-18-21-20-14/h2-4,7-8,23H,5-6,9H2,1H3,(H,18,20,21). The predicted molar refractivity (Wildman–Crippen MR) is 83.5 cm³/mol. The van der Waals surface area contributed by atoms with E-state index in [0.717, 1.165) is 16.8 Å². The van der Waals surface area contributed by atoms with Crippen LogP contribution in [0.1, 0.15) is 17.8 Å². The largest absolute Gasteiger partial charge is 0.381 e. The van der Waals surface area contributed by atoms with Gasteiger partial charge in [0.2, 0.25) is 0 Å². The number of aliphatic hydroxyl groups is 1. The zero-order valence-corrected chi connectivity index (χ0v) is 12.6. The zero-order chi connectivity index (χ0) is 16.0. The van der Waals surface area contributed by atoms with E-state index in [1.807, 2.05) is 24.0 Å². The van der Waals surface area contributed by atoms with Crippen molar-refractivity contribution in [2.45, 2.75) is 18.9 Å². The molecule has 1 fully saturated rings. The van der Waals surface area contributed by atoms with Gasteiger partial charge in [-0.15, -0.1) is 0 Å². The van der Waals surface area contributed by atoms with Crippen LogP contribution < -0.4 is 4.90 Å². The maximum Gasteiger partial charge on any atom is 0.149 e. The number of aryl methyl sites for hydroxylation is 1. The van der Waals surface area contributed by atoms with Crippen LogP contribution in [0.3, 0.4) is 0 Å². The zero-order valence-electron chi connectivity index (χ0n) is 12.6. The summed E-state index contributed by atoms with van der Waals surface area (Å²) < 4.78 is 14.1. The van der Waals surface area contributed by atoms with E-state index < -0.39 is 5.60 Å². The summed E-state index contributed by atoms with van der Waals surface area (Å²) in [6.45, 7) is 2.88. The van der Waals surface area contributed by atoms with Crippen molar-refractivity contribution in [1.29, 1.82) is 0 Å². The molecule has 1 unspecified atom stereocenters. The Hall–Kier alpha value is -2.54. The smallest absolute Gasteiger partial charge is 0.149 e. The Morgan fingerprint density at radius 3 is 3.04 bits per heavy atom. The van der Waals surface area contributed by atoms with Gasteiger partial charge in [0.1, 0.15) is 22.6 Å². The first-order chi connectivity index (χ1) is 11.1. The van der Waals surface area contributed by atoms with Gasteiger partial charge in [-0.3, -0.25) is 0 Å². The maximum atomic E-state index is 14.1. The van der Waals surface area contributed by atoms with Crippen LogP contribution >= 0.6 is 0 Å². The summed E-state index contributed by atoms with van der Waals surface area (Å²) in [5.41, 5.74) is 1.46. The number of hydrogen-bond donors (Lipinski definition) is 2. The summed E-state index contributed by atoms with van der Waals surface area (Å²) in [4.78, 5) is 6.35. The van der Waals surface area contributed by atoms with E-state index in [1.54, 1.807) is 12.3 Å². The minimum Gasteiger partial charge on any atom is -0.381 e. The van der Waals surface area contributed by atoms with E-state index in [4.69, 9.17) is 0 Å². The molecule has 2 aromatic heterocycles. The molecule has 3 heterocycles. The molecule has 1 aliphatic rings. The fraction of sp³-hybridized carbons (Fsp3) is 0.312. The number of rotatable bonds is 2. The number of pyridine rings is 1. The highest BCUT2D eigenvalue weighted by Crippen LogP contribution is 2.36. The molecule has 0 bridgehead atoms. The maximum absolute atomic E-state index is 14.1. The van der Waals surface area contributed by atoms with Crippen molar-refractivity contribution in [2.75, 3.05) is 18.0 Å². The summed E-state index contributed by atoms with van der Waals surface area (Å²) in [7, 11) is 0. The molecule has 118 valence electrons. The van der Waals surface area contributed by atoms with Gasteiger partial charge in [0.05, 0.1) is 12.7 Å². The van der Waals surface area contributed by atoms with Crippen LogP contribution in [0.4, 0.5) is 10.1 Å². The summed E-state index contributed by atoms with van der Waals surface area (Å²) in [5.74, 6) is -0.335. The van der Waals surface area contributed by atoms with Crippen molar-refractivity contribution in [1.82, 2.24) is 20.4 Å². The predicted octanol–water partition coefficient (Wildman–Crippen LogP) is 1.90. The molecule has 0 spiro atoms. The van der Waals surface area contributed by atoms with Crippen LogP contribution in [0.5, 0.6) is 0 Å². The topological polar surface area (TPSA) is 77.9 Å². The summed E-state index contributed by atoms with van der Waals surface area (Å²) >= 11 is 0. The number of aromatic nitrogens is 4. The number of anilines is 1. The van der Waals surface area contributed by atoms with Gasteiger partial charge in [-0.25, -0.2) is 9.37 Å². The van der Waals surface area contributed by atoms with E-state index in [0.29, 0.717) is 30.7 Å². The second kappa shape index (κ2) is 4.99. The first kappa shape index (κ1) is 14.1. The Kier molecular flexibility index (Phi) is 3.05. The Balaban J connectivity index is 1.78. The van der Waals surface area contributed by atoms with Crippen molar-refractivity contribution in [2.24, 2.45) is 0 Å². The van der Waals surface area contributed by atoms with E-state index >= 15 is 0 Å². The molecular formula is C16H16FN5O. The minimum absolute atomic E-state index is 0.335. The minimum atomic E-state index is -1.05. The summed E-state index contributed by atoms with van der Waals surface area (Å²) in [6.07, 6.45) is 2.08. The van der Waals surface area contributed by atoms with Gasteiger partial charge in [-0.2, -0.15) is 15.4 Å². The third-order valence-electron chi connectivity index (χ3n) is 4.38. The Morgan fingerprint density at radius 2 is 2.26 bits per heavy atom. The fourth-order valence-electron chi connectivity index (χ4n) is 3.22. The van der Waals surface area contributed by atoms with Crippen LogP contribution in [0.25, 0.3) is 10.9 Å². The number of halogens is 1. The van der Waals surface area contributed by atoms with Crippen LogP contribution in [0.15, 0.2) is 30.5 Å². The molecule has 0 radical (unpaired) electrons. The lowest BCUT2D eigenvalue weighted by Crippen LogP contribution is -2.31. The molecular weight excluding hydrogens is 297 g/mol. The molecule has 23 heavy (non-hydrogen) atoms. The second-order valence-corrected chi connectivity index (χ2v) is 5.98. The van der Waals surface area contributed by atoms with Gasteiger partial charge in [0.15, 0.2) is 0 Å². The van der Waals surface area contributed by atoms with E-state index in [-0.39, 0.29) is 5.82 Å². The molecule has 0 aliphatic carbocycles. The van der Waals surface area contributed by atoms with Gasteiger partial charge in [-0.1, -0.05) is 12.1 Å². The van der Waals surface area contributed by atoms with Gasteiger partial charge >= 0.3 is 0 Å². The number of fused-ring (bicyclic) bond motifs is 1. The Morgan fingerprint density at radius 1 is 1.39 bits per heavy atom. The molecule has 0 saturated carbocycles. The number of benzene rings is 1. The quantitative estimate of drug-likeness (QED) is 0.755. The highest BCUT2D eigenvalue weighted by molar-refractivity contribution is 5.92. The molecule has 0 amide bonds. The number of hydrogen-bond acceptors (Lipinski definition) is 5. The third-order valence-corrected chi connectivity index (χ3v) is 4.38. The Bertz CT molecular complexity index is 866. The van der Waals surface area contributed by atoms with Crippen LogP contribution in [0.2, 0.25) is 0 Å². The van der Waals surface area contributed by atoms with Crippen molar-refractivity contribution >= 4 is 16.6 Å². The van der Waals surface area contributed by atoms with Crippen LogP contribution in [-0.4, -0.2) is 38.6 Å². The van der Waals surface area contributed by atoms with Gasteiger partial charge in [0.25, 0.3) is 0 Å². The molecule has 2 N–H and O–H groups in total. The summed E-state index contributed by atoms with van der Waals surface area (Å²) in [5, 5.41) is 21.9. The van der Waals surface area contributed by atoms with Crippen LogP contribution in [0, 0.1) is 12.7 Å². The third kappa shape index (κ3) is 2.24. The summed E-state index contributed by atoms with van der Waals surface area (Å²) in [6, 6.07) is 6.87. The lowest BCUT2D eigenvalue weighted by atomic mass is 10.00. The number of aromatic amines is 1. The second-order valence-electron chi connectivity index (χ2n) is 5.98. The van der Waals surface area contributed by atoms with E-state index in [1.165, 1.54) is 6.07 Å².